The Hall–Kier alpha value is -0.220. The first-order valence-corrected chi connectivity index (χ1v) is 7.15. The first-order valence-electron chi connectivity index (χ1n) is 5.76. The third-order valence-corrected chi connectivity index (χ3v) is 3.49. The Balaban J connectivity index is 2.05. The van der Waals surface area contributed by atoms with Gasteiger partial charge in [0.1, 0.15) is 0 Å². The van der Waals surface area contributed by atoms with Crippen LogP contribution in [-0.4, -0.2) is 30.5 Å². The van der Waals surface area contributed by atoms with Crippen LogP contribution in [0.2, 0.25) is 0 Å². The number of amides is 1. The topological polar surface area (TPSA) is 55.1 Å². The predicted octanol–water partition coefficient (Wildman–Crippen LogP) is 1.37. The first-order chi connectivity index (χ1) is 7.27. The summed E-state index contributed by atoms with van der Waals surface area (Å²) in [6, 6.07) is 0.234. The lowest BCUT2D eigenvalue weighted by atomic mass is 10.1. The van der Waals surface area contributed by atoms with E-state index in [9.17, 15) is 4.79 Å². The van der Waals surface area contributed by atoms with Crippen LogP contribution in [-0.2, 0) is 4.79 Å². The summed E-state index contributed by atoms with van der Waals surface area (Å²) in [5.41, 5.74) is 5.62. The maximum atomic E-state index is 11.5. The molecule has 3 nitrogen and oxygen atoms in total. The van der Waals surface area contributed by atoms with Gasteiger partial charge in [0, 0.05) is 19.0 Å². The number of nitrogens with two attached hydrogens (primary N) is 1. The Labute approximate surface area is 96.6 Å². The summed E-state index contributed by atoms with van der Waals surface area (Å²) in [4.78, 5) is 11.5. The molecule has 1 amide bonds. The average Bonchev–Trinajstić information content (AvgIpc) is 3.05. The van der Waals surface area contributed by atoms with Crippen LogP contribution in [0.4, 0.5) is 0 Å². The molecule has 1 unspecified atom stereocenters. The van der Waals surface area contributed by atoms with Crippen LogP contribution in [0.5, 0.6) is 0 Å². The molecule has 15 heavy (non-hydrogen) atoms. The van der Waals surface area contributed by atoms with Crippen molar-refractivity contribution in [3.05, 3.63) is 0 Å². The van der Waals surface area contributed by atoms with Gasteiger partial charge in [-0.25, -0.2) is 0 Å². The van der Waals surface area contributed by atoms with Gasteiger partial charge in [-0.05, 0) is 43.6 Å². The van der Waals surface area contributed by atoms with Crippen LogP contribution in [0.1, 0.15) is 32.1 Å². The molecular formula is C11H22N2OS. The minimum Gasteiger partial charge on any atom is -0.352 e. The van der Waals surface area contributed by atoms with Gasteiger partial charge in [0.05, 0.1) is 0 Å². The van der Waals surface area contributed by atoms with Crippen LogP contribution in [0.15, 0.2) is 0 Å². The van der Waals surface area contributed by atoms with Crippen molar-refractivity contribution in [3.8, 4) is 0 Å². The largest absolute Gasteiger partial charge is 0.352 e. The summed E-state index contributed by atoms with van der Waals surface area (Å²) in [5.74, 6) is 1.99. The van der Waals surface area contributed by atoms with Crippen LogP contribution in [0.25, 0.3) is 0 Å². The Bertz CT molecular complexity index is 195. The van der Waals surface area contributed by atoms with Crippen molar-refractivity contribution >= 4 is 17.7 Å². The fraction of sp³-hybridized carbons (Fsp3) is 0.909. The minimum atomic E-state index is 0.179. The van der Waals surface area contributed by atoms with E-state index in [0.29, 0.717) is 18.9 Å². The highest BCUT2D eigenvalue weighted by atomic mass is 32.2. The zero-order valence-corrected chi connectivity index (χ0v) is 10.3. The van der Waals surface area contributed by atoms with Gasteiger partial charge in [-0.1, -0.05) is 0 Å². The van der Waals surface area contributed by atoms with E-state index in [4.69, 9.17) is 5.73 Å². The highest BCUT2D eigenvalue weighted by Crippen LogP contribution is 2.32. The van der Waals surface area contributed by atoms with E-state index in [1.807, 2.05) is 11.8 Å². The molecule has 1 saturated carbocycles. The number of rotatable bonds is 8. The molecule has 4 heteroatoms. The van der Waals surface area contributed by atoms with Gasteiger partial charge in [-0.15, -0.1) is 0 Å². The molecule has 0 aromatic carbocycles. The molecule has 1 aliphatic rings. The molecule has 1 rings (SSSR count). The third kappa shape index (κ3) is 5.42. The van der Waals surface area contributed by atoms with E-state index >= 15 is 0 Å². The normalized spacial score (nSPS) is 17.5. The Morgan fingerprint density at radius 2 is 2.27 bits per heavy atom. The Morgan fingerprint density at radius 3 is 2.80 bits per heavy atom. The predicted molar refractivity (Wildman–Crippen MR) is 65.9 cm³/mol. The average molecular weight is 230 g/mol. The van der Waals surface area contributed by atoms with Crippen LogP contribution < -0.4 is 11.1 Å². The number of hydrogen-bond donors (Lipinski definition) is 2. The van der Waals surface area contributed by atoms with E-state index in [2.05, 4.69) is 11.6 Å². The van der Waals surface area contributed by atoms with Gasteiger partial charge in [0.25, 0.3) is 0 Å². The third-order valence-electron chi connectivity index (χ3n) is 2.79. The zero-order chi connectivity index (χ0) is 11.1. The molecule has 0 bridgehead atoms. The zero-order valence-electron chi connectivity index (χ0n) is 9.50. The Kier molecular flexibility index (Phi) is 6.10. The molecule has 88 valence electrons. The molecular weight excluding hydrogens is 208 g/mol. The SMILES string of the molecule is CSCCCCC(=O)NC(CN)C1CC1. The standard InChI is InChI=1S/C11H22N2OS/c1-15-7-3-2-4-11(14)13-10(8-12)9-5-6-9/h9-10H,2-8,12H2,1H3,(H,13,14). The fourth-order valence-corrected chi connectivity index (χ4v) is 2.17. The van der Waals surface area contributed by atoms with Crippen molar-refractivity contribution < 1.29 is 4.79 Å². The van der Waals surface area contributed by atoms with Crippen LogP contribution in [0, 0.1) is 5.92 Å². The second-order valence-electron chi connectivity index (χ2n) is 4.20. The summed E-state index contributed by atoms with van der Waals surface area (Å²) >= 11 is 1.83. The molecule has 0 aromatic rings. The summed E-state index contributed by atoms with van der Waals surface area (Å²) in [6.45, 7) is 0.585. The molecule has 0 heterocycles. The minimum absolute atomic E-state index is 0.179. The smallest absolute Gasteiger partial charge is 0.220 e. The maximum Gasteiger partial charge on any atom is 0.220 e. The molecule has 1 fully saturated rings. The van der Waals surface area contributed by atoms with E-state index < -0.39 is 0 Å². The van der Waals surface area contributed by atoms with E-state index in [0.717, 1.165) is 18.6 Å². The number of nitrogens with one attached hydrogen (secondary N) is 1. The highest BCUT2D eigenvalue weighted by molar-refractivity contribution is 7.98. The lowest BCUT2D eigenvalue weighted by Crippen LogP contribution is -2.41. The number of hydrogen-bond acceptors (Lipinski definition) is 3. The monoisotopic (exact) mass is 230 g/mol. The molecule has 0 aromatic heterocycles. The summed E-state index contributed by atoms with van der Waals surface area (Å²) in [5, 5.41) is 3.03. The fourth-order valence-electron chi connectivity index (χ4n) is 1.68. The quantitative estimate of drug-likeness (QED) is 0.619. The molecule has 0 radical (unpaired) electrons. The van der Waals surface area contributed by atoms with E-state index in [-0.39, 0.29) is 11.9 Å². The van der Waals surface area contributed by atoms with Crippen molar-refractivity contribution in [1.82, 2.24) is 5.32 Å². The van der Waals surface area contributed by atoms with Crippen molar-refractivity contribution in [2.45, 2.75) is 38.1 Å². The van der Waals surface area contributed by atoms with Gasteiger partial charge < -0.3 is 11.1 Å². The summed E-state index contributed by atoms with van der Waals surface area (Å²) in [7, 11) is 0. The van der Waals surface area contributed by atoms with Crippen molar-refractivity contribution in [1.29, 1.82) is 0 Å². The molecule has 1 aliphatic carbocycles. The maximum absolute atomic E-state index is 11.5. The summed E-state index contributed by atoms with van der Waals surface area (Å²) in [6.07, 6.45) is 7.34. The Morgan fingerprint density at radius 1 is 1.53 bits per heavy atom. The number of thioether (sulfide) groups is 1. The molecule has 0 spiro atoms. The number of unbranched alkanes of at least 4 members (excludes halogenated alkanes) is 1. The number of carbonyl (C=O) groups is 1. The number of carbonyl (C=O) groups excluding carboxylic acids is 1. The second-order valence-corrected chi connectivity index (χ2v) is 5.18. The lowest BCUT2D eigenvalue weighted by molar-refractivity contribution is -0.122. The van der Waals surface area contributed by atoms with Gasteiger partial charge in [-0.2, -0.15) is 11.8 Å². The van der Waals surface area contributed by atoms with Crippen molar-refractivity contribution in [2.75, 3.05) is 18.6 Å². The van der Waals surface area contributed by atoms with Crippen molar-refractivity contribution in [2.24, 2.45) is 11.7 Å². The second kappa shape index (κ2) is 7.12. The molecule has 0 aliphatic heterocycles. The molecule has 3 N–H and O–H groups in total. The van der Waals surface area contributed by atoms with Gasteiger partial charge in [0.2, 0.25) is 5.91 Å². The lowest BCUT2D eigenvalue weighted by Gasteiger charge is -2.15. The van der Waals surface area contributed by atoms with Crippen LogP contribution in [0.3, 0.4) is 0 Å². The van der Waals surface area contributed by atoms with Crippen LogP contribution >= 0.6 is 11.8 Å². The van der Waals surface area contributed by atoms with Gasteiger partial charge in [0.15, 0.2) is 0 Å². The first kappa shape index (κ1) is 12.8. The van der Waals surface area contributed by atoms with E-state index in [1.54, 1.807) is 0 Å². The molecule has 1 atom stereocenters. The highest BCUT2D eigenvalue weighted by Gasteiger charge is 2.30. The van der Waals surface area contributed by atoms with Gasteiger partial charge >= 0.3 is 0 Å². The molecule has 0 saturated heterocycles. The summed E-state index contributed by atoms with van der Waals surface area (Å²) < 4.78 is 0. The van der Waals surface area contributed by atoms with Crippen molar-refractivity contribution in [3.63, 3.8) is 0 Å². The van der Waals surface area contributed by atoms with Gasteiger partial charge in [-0.3, -0.25) is 4.79 Å². The van der Waals surface area contributed by atoms with E-state index in [1.165, 1.54) is 12.8 Å².